The molecule has 1 aliphatic heterocycles. The average molecular weight is 480 g/mol. The molecule has 2 aromatic carbocycles. The summed E-state index contributed by atoms with van der Waals surface area (Å²) in [6.45, 7) is 3.34. The van der Waals surface area contributed by atoms with Crippen molar-refractivity contribution in [1.82, 2.24) is 15.5 Å². The van der Waals surface area contributed by atoms with Gasteiger partial charge in [-0.25, -0.2) is 4.39 Å². The van der Waals surface area contributed by atoms with Gasteiger partial charge in [-0.3, -0.25) is 14.7 Å². The van der Waals surface area contributed by atoms with E-state index in [4.69, 9.17) is 4.74 Å². The molecule has 0 bridgehead atoms. The van der Waals surface area contributed by atoms with E-state index in [0.717, 1.165) is 24.3 Å². The van der Waals surface area contributed by atoms with E-state index >= 15 is 0 Å². The number of carbonyl (C=O) groups is 2. The molecule has 1 aliphatic rings. The predicted octanol–water partition coefficient (Wildman–Crippen LogP) is 3.78. The molecule has 1 fully saturated rings. The Morgan fingerprint density at radius 3 is 2.53 bits per heavy atom. The summed E-state index contributed by atoms with van der Waals surface area (Å²) in [6.07, 6.45) is 0. The third kappa shape index (κ3) is 4.78. The summed E-state index contributed by atoms with van der Waals surface area (Å²) in [5, 5.41) is 13.3. The zero-order chi connectivity index (χ0) is 23.5. The highest BCUT2D eigenvalue weighted by molar-refractivity contribution is 7.20. The van der Waals surface area contributed by atoms with E-state index in [-0.39, 0.29) is 24.2 Å². The average Bonchev–Trinajstić information content (AvgIpc) is 3.46. The lowest BCUT2D eigenvalue weighted by atomic mass is 10.1. The number of carbonyl (C=O) groups excluding carboxylic acids is 2. The number of H-pyrrole nitrogens is 1. The Hall–Kier alpha value is -3.76. The molecule has 0 atom stereocenters. The van der Waals surface area contributed by atoms with Crippen molar-refractivity contribution in [2.24, 2.45) is 0 Å². The Balaban J connectivity index is 1.24. The Labute approximate surface area is 198 Å². The van der Waals surface area contributed by atoms with Gasteiger partial charge < -0.3 is 20.3 Å². The van der Waals surface area contributed by atoms with E-state index in [1.165, 1.54) is 23.5 Å². The van der Waals surface area contributed by atoms with E-state index in [1.54, 1.807) is 30.3 Å². The van der Waals surface area contributed by atoms with Crippen LogP contribution in [0.4, 0.5) is 15.9 Å². The Morgan fingerprint density at radius 1 is 1.06 bits per heavy atom. The SMILES string of the molecule is O=C(Nc1n[nH]c2sc(C(=O)NCc3ccc(F)cc3)cc12)c1ccc(N2CCOCC2)cc1. The molecule has 174 valence electrons. The van der Waals surface area contributed by atoms with E-state index in [1.807, 2.05) is 12.1 Å². The number of anilines is 2. The molecular formula is C24H22FN5O3S. The second kappa shape index (κ2) is 9.62. The first kappa shape index (κ1) is 22.1. The number of nitrogens with one attached hydrogen (secondary N) is 3. The number of aromatic amines is 1. The summed E-state index contributed by atoms with van der Waals surface area (Å²) >= 11 is 1.25. The van der Waals surface area contributed by atoms with Gasteiger partial charge in [-0.2, -0.15) is 5.10 Å². The summed E-state index contributed by atoms with van der Waals surface area (Å²) < 4.78 is 18.4. The van der Waals surface area contributed by atoms with Crippen molar-refractivity contribution in [2.75, 3.05) is 36.5 Å². The summed E-state index contributed by atoms with van der Waals surface area (Å²) in [7, 11) is 0. The van der Waals surface area contributed by atoms with Crippen LogP contribution in [0, 0.1) is 5.82 Å². The van der Waals surface area contributed by atoms with Crippen LogP contribution in [0.1, 0.15) is 25.6 Å². The number of thiophene rings is 1. The molecule has 3 N–H and O–H groups in total. The van der Waals surface area contributed by atoms with Crippen molar-refractivity contribution in [2.45, 2.75) is 6.54 Å². The Morgan fingerprint density at radius 2 is 1.79 bits per heavy atom. The number of halogens is 1. The minimum atomic E-state index is -0.322. The maximum absolute atomic E-state index is 13.0. The highest BCUT2D eigenvalue weighted by Gasteiger charge is 2.18. The molecular weight excluding hydrogens is 457 g/mol. The van der Waals surface area contributed by atoms with Gasteiger partial charge in [0.1, 0.15) is 10.6 Å². The molecule has 5 rings (SSSR count). The first-order chi connectivity index (χ1) is 16.6. The quantitative estimate of drug-likeness (QED) is 0.391. The molecule has 4 aromatic rings. The minimum Gasteiger partial charge on any atom is -0.378 e. The third-order valence-corrected chi connectivity index (χ3v) is 6.62. The molecule has 0 spiro atoms. The number of morpholine rings is 1. The lowest BCUT2D eigenvalue weighted by molar-refractivity contribution is 0.0954. The van der Waals surface area contributed by atoms with Crippen molar-refractivity contribution < 1.29 is 18.7 Å². The minimum absolute atomic E-state index is 0.255. The van der Waals surface area contributed by atoms with Crippen LogP contribution in [0.15, 0.2) is 54.6 Å². The number of amides is 2. The molecule has 34 heavy (non-hydrogen) atoms. The molecule has 10 heteroatoms. The van der Waals surface area contributed by atoms with Gasteiger partial charge in [-0.1, -0.05) is 12.1 Å². The van der Waals surface area contributed by atoms with Crippen LogP contribution >= 0.6 is 11.3 Å². The van der Waals surface area contributed by atoms with Gasteiger partial charge in [0.15, 0.2) is 5.82 Å². The molecule has 2 amide bonds. The van der Waals surface area contributed by atoms with Crippen molar-refractivity contribution in [3.8, 4) is 0 Å². The summed E-state index contributed by atoms with van der Waals surface area (Å²) in [6, 6.07) is 15.1. The molecule has 3 heterocycles. The number of hydrogen-bond donors (Lipinski definition) is 3. The van der Waals surface area contributed by atoms with Gasteiger partial charge >= 0.3 is 0 Å². The van der Waals surface area contributed by atoms with Gasteiger partial charge in [-0.05, 0) is 48.0 Å². The van der Waals surface area contributed by atoms with Crippen LogP contribution in [0.5, 0.6) is 0 Å². The molecule has 8 nitrogen and oxygen atoms in total. The predicted molar refractivity (Wildman–Crippen MR) is 129 cm³/mol. The third-order valence-electron chi connectivity index (χ3n) is 5.58. The summed E-state index contributed by atoms with van der Waals surface area (Å²) in [4.78, 5) is 28.7. The van der Waals surface area contributed by atoms with E-state index in [0.29, 0.717) is 39.7 Å². The Bertz CT molecular complexity index is 1310. The van der Waals surface area contributed by atoms with Gasteiger partial charge in [0.05, 0.1) is 23.5 Å². The lowest BCUT2D eigenvalue weighted by Crippen LogP contribution is -2.36. The van der Waals surface area contributed by atoms with Crippen LogP contribution in [0.3, 0.4) is 0 Å². The molecule has 0 radical (unpaired) electrons. The number of hydrogen-bond acceptors (Lipinski definition) is 6. The summed E-state index contributed by atoms with van der Waals surface area (Å²) in [5.41, 5.74) is 2.36. The second-order valence-electron chi connectivity index (χ2n) is 7.84. The van der Waals surface area contributed by atoms with Gasteiger partial charge in [-0.15, -0.1) is 11.3 Å². The smallest absolute Gasteiger partial charge is 0.261 e. The first-order valence-corrected chi connectivity index (χ1v) is 11.6. The van der Waals surface area contributed by atoms with Crippen LogP contribution in [0.2, 0.25) is 0 Å². The van der Waals surface area contributed by atoms with E-state index in [2.05, 4.69) is 25.7 Å². The highest BCUT2D eigenvalue weighted by atomic mass is 32.1. The molecule has 0 saturated carbocycles. The standard InChI is InChI=1S/C24H22FN5O3S/c25-17-5-1-15(2-6-17)14-26-23(32)20-13-19-21(28-29-24(19)34-20)27-22(31)16-3-7-18(8-4-16)30-9-11-33-12-10-30/h1-8,13H,9-12,14H2,(H,26,32)(H2,27,28,29,31). The van der Waals surface area contributed by atoms with Crippen molar-refractivity contribution in [3.63, 3.8) is 0 Å². The van der Waals surface area contributed by atoms with E-state index in [9.17, 15) is 14.0 Å². The van der Waals surface area contributed by atoms with Crippen LogP contribution < -0.4 is 15.5 Å². The number of nitrogens with zero attached hydrogens (tertiary/aromatic N) is 2. The van der Waals surface area contributed by atoms with Crippen molar-refractivity contribution in [1.29, 1.82) is 0 Å². The number of rotatable bonds is 6. The fourth-order valence-electron chi connectivity index (χ4n) is 3.72. The zero-order valence-corrected chi connectivity index (χ0v) is 19.0. The fourth-order valence-corrected chi connectivity index (χ4v) is 4.64. The highest BCUT2D eigenvalue weighted by Crippen LogP contribution is 2.29. The second-order valence-corrected chi connectivity index (χ2v) is 8.89. The maximum atomic E-state index is 13.0. The lowest BCUT2D eigenvalue weighted by Gasteiger charge is -2.28. The topological polar surface area (TPSA) is 99.3 Å². The monoisotopic (exact) mass is 479 g/mol. The normalized spacial score (nSPS) is 13.7. The van der Waals surface area contributed by atoms with Crippen LogP contribution in [0.25, 0.3) is 10.2 Å². The Kier molecular flexibility index (Phi) is 6.24. The number of aromatic nitrogens is 2. The first-order valence-electron chi connectivity index (χ1n) is 10.8. The molecule has 0 unspecified atom stereocenters. The molecule has 0 aliphatic carbocycles. The number of ether oxygens (including phenoxy) is 1. The van der Waals surface area contributed by atoms with Gasteiger partial charge in [0, 0.05) is 30.9 Å². The fraction of sp³-hybridized carbons (Fsp3) is 0.208. The maximum Gasteiger partial charge on any atom is 0.261 e. The molecule has 2 aromatic heterocycles. The van der Waals surface area contributed by atoms with Gasteiger partial charge in [0.25, 0.3) is 11.8 Å². The van der Waals surface area contributed by atoms with Crippen LogP contribution in [-0.2, 0) is 11.3 Å². The number of benzene rings is 2. The number of fused-ring (bicyclic) bond motifs is 1. The van der Waals surface area contributed by atoms with Crippen molar-refractivity contribution >= 4 is 44.9 Å². The van der Waals surface area contributed by atoms with Crippen LogP contribution in [-0.4, -0.2) is 48.3 Å². The molecule has 1 saturated heterocycles. The van der Waals surface area contributed by atoms with Crippen molar-refractivity contribution in [3.05, 3.63) is 76.4 Å². The summed E-state index contributed by atoms with van der Waals surface area (Å²) in [5.74, 6) is -0.492. The van der Waals surface area contributed by atoms with Gasteiger partial charge in [0.2, 0.25) is 0 Å². The zero-order valence-electron chi connectivity index (χ0n) is 18.1. The van der Waals surface area contributed by atoms with E-state index < -0.39 is 0 Å². The largest absolute Gasteiger partial charge is 0.378 e.